The highest BCUT2D eigenvalue weighted by Gasteiger charge is 2.38. The molecule has 264 valence electrons. The summed E-state index contributed by atoms with van der Waals surface area (Å²) < 4.78 is 44.9. The van der Waals surface area contributed by atoms with Crippen molar-refractivity contribution in [1.82, 2.24) is 9.80 Å². The second-order valence-electron chi connectivity index (χ2n) is 11.9. The smallest absolute Gasteiger partial charge is 0.481 e. The molecule has 0 spiro atoms. The van der Waals surface area contributed by atoms with Crippen LogP contribution in [0.2, 0.25) is 10.0 Å². The number of carboxylic acid groups (broad SMARTS) is 2. The van der Waals surface area contributed by atoms with Crippen LogP contribution >= 0.6 is 23.2 Å². The molecule has 2 aromatic carbocycles. The molecule has 0 radical (unpaired) electrons. The number of carbonyl (C=O) groups is 4. The Hall–Kier alpha value is -3.42. The first-order valence-corrected chi connectivity index (χ1v) is 16.4. The molecule has 0 aromatic heterocycles. The lowest BCUT2D eigenvalue weighted by Gasteiger charge is -2.35. The third-order valence-corrected chi connectivity index (χ3v) is 9.21. The maximum Gasteiger partial charge on any atom is 0.490 e. The third-order valence-electron chi connectivity index (χ3n) is 8.47. The highest BCUT2D eigenvalue weighted by Crippen LogP contribution is 2.30. The van der Waals surface area contributed by atoms with E-state index in [4.69, 9.17) is 38.2 Å². The number of benzene rings is 2. The molecule has 2 aliphatic rings. The maximum atomic E-state index is 13.7. The molecule has 2 aliphatic heterocycles. The van der Waals surface area contributed by atoms with E-state index in [0.29, 0.717) is 54.1 Å². The van der Waals surface area contributed by atoms with Crippen molar-refractivity contribution in [2.45, 2.75) is 57.5 Å². The zero-order chi connectivity index (χ0) is 35.4. The molecule has 4 rings (SSSR count). The molecule has 9 nitrogen and oxygen atoms in total. The largest absolute Gasteiger partial charge is 0.490 e. The molecule has 2 N–H and O–H groups in total. The summed E-state index contributed by atoms with van der Waals surface area (Å²) in [6.45, 7) is 4.31. The van der Waals surface area contributed by atoms with Gasteiger partial charge in [0.2, 0.25) is 11.8 Å². The number of piperidine rings is 2. The summed E-state index contributed by atoms with van der Waals surface area (Å²) >= 11 is 12.5. The molecule has 0 aliphatic carbocycles. The van der Waals surface area contributed by atoms with Gasteiger partial charge in [-0.3, -0.25) is 14.4 Å². The fraction of sp³-hybridized carbons (Fsp3) is 0.515. The van der Waals surface area contributed by atoms with Crippen LogP contribution in [0.1, 0.15) is 50.5 Å². The molecule has 0 bridgehead atoms. The zero-order valence-corrected chi connectivity index (χ0v) is 27.7. The van der Waals surface area contributed by atoms with E-state index in [-0.39, 0.29) is 36.4 Å². The first-order chi connectivity index (χ1) is 22.6. The maximum absolute atomic E-state index is 13.7. The van der Waals surface area contributed by atoms with Gasteiger partial charge in [0.05, 0.1) is 16.5 Å². The number of carbonyl (C=O) groups excluding carboxylic acids is 2. The minimum atomic E-state index is -5.08. The van der Waals surface area contributed by atoms with Crippen LogP contribution in [-0.2, 0) is 25.6 Å². The van der Waals surface area contributed by atoms with Crippen LogP contribution in [0.15, 0.2) is 42.5 Å². The topological polar surface area (TPSA) is 118 Å². The van der Waals surface area contributed by atoms with E-state index in [1.165, 1.54) is 17.7 Å². The number of anilines is 1. The highest BCUT2D eigenvalue weighted by atomic mass is 35.5. The fourth-order valence-electron chi connectivity index (χ4n) is 5.81. The number of halogens is 6. The summed E-state index contributed by atoms with van der Waals surface area (Å²) in [6, 6.07) is 12.0. The molecule has 15 heteroatoms. The van der Waals surface area contributed by atoms with Crippen molar-refractivity contribution < 1.29 is 47.0 Å². The van der Waals surface area contributed by atoms with E-state index in [0.717, 1.165) is 45.3 Å². The van der Waals surface area contributed by atoms with Gasteiger partial charge in [-0.15, -0.1) is 0 Å². The number of carboxylic acids is 2. The van der Waals surface area contributed by atoms with Crippen molar-refractivity contribution in [3.05, 3.63) is 63.9 Å². The number of hydrogen-bond acceptors (Lipinski definition) is 5. The third kappa shape index (κ3) is 12.6. The van der Waals surface area contributed by atoms with E-state index >= 15 is 0 Å². The molecule has 2 fully saturated rings. The predicted molar refractivity (Wildman–Crippen MR) is 173 cm³/mol. The van der Waals surface area contributed by atoms with E-state index in [9.17, 15) is 31.9 Å². The second-order valence-corrected chi connectivity index (χ2v) is 12.7. The van der Waals surface area contributed by atoms with Crippen LogP contribution in [0.4, 0.5) is 23.2 Å². The van der Waals surface area contributed by atoms with Gasteiger partial charge in [-0.25, -0.2) is 9.18 Å². The summed E-state index contributed by atoms with van der Waals surface area (Å²) in [5, 5.41) is 16.8. The molecule has 0 atom stereocenters. The van der Waals surface area contributed by atoms with Gasteiger partial charge in [0.1, 0.15) is 5.82 Å². The molecule has 2 heterocycles. The van der Waals surface area contributed by atoms with E-state index < -0.39 is 18.1 Å². The Labute approximate surface area is 286 Å². The standard InChI is InChI=1S/C31H38Cl2FN3O4.C2HF3O2/c32-27-7-6-26(21-28(27)33)37(31(41)24-12-18-36(19-13-24)29(38)8-9-30(39)40)15-1-14-35-16-10-23(11-17-35)20-22-2-4-25(34)5-3-22;3-2(4,5)1(6)7/h2-7,21,23-24H,1,8-20H2,(H,39,40);(H,6,7). The number of alkyl halides is 3. The van der Waals surface area contributed by atoms with Crippen molar-refractivity contribution in [3.63, 3.8) is 0 Å². The lowest BCUT2D eigenvalue weighted by molar-refractivity contribution is -0.192. The van der Waals surface area contributed by atoms with Crippen molar-refractivity contribution in [1.29, 1.82) is 0 Å². The predicted octanol–water partition coefficient (Wildman–Crippen LogP) is 6.55. The number of rotatable bonds is 11. The Morgan fingerprint density at radius 1 is 0.854 bits per heavy atom. The summed E-state index contributed by atoms with van der Waals surface area (Å²) in [4.78, 5) is 51.7. The van der Waals surface area contributed by atoms with Crippen LogP contribution < -0.4 is 4.90 Å². The number of likely N-dealkylation sites (tertiary alicyclic amines) is 2. The number of amides is 2. The fourth-order valence-corrected chi connectivity index (χ4v) is 6.10. The van der Waals surface area contributed by atoms with Gasteiger partial charge < -0.3 is 24.9 Å². The van der Waals surface area contributed by atoms with Gasteiger partial charge in [-0.1, -0.05) is 35.3 Å². The highest BCUT2D eigenvalue weighted by molar-refractivity contribution is 6.42. The van der Waals surface area contributed by atoms with Crippen LogP contribution in [0.3, 0.4) is 0 Å². The van der Waals surface area contributed by atoms with Gasteiger partial charge in [0, 0.05) is 37.7 Å². The Balaban J connectivity index is 0.000000804. The van der Waals surface area contributed by atoms with Crippen LogP contribution in [0.25, 0.3) is 0 Å². The number of aliphatic carboxylic acids is 2. The van der Waals surface area contributed by atoms with Gasteiger partial charge in [0.25, 0.3) is 0 Å². The monoisotopic (exact) mass is 719 g/mol. The molecule has 2 aromatic rings. The molecule has 2 saturated heterocycles. The van der Waals surface area contributed by atoms with Gasteiger partial charge in [0.15, 0.2) is 0 Å². The zero-order valence-electron chi connectivity index (χ0n) is 26.2. The van der Waals surface area contributed by atoms with Crippen molar-refractivity contribution in [2.24, 2.45) is 11.8 Å². The molecule has 0 saturated carbocycles. The van der Waals surface area contributed by atoms with Crippen LogP contribution in [0.5, 0.6) is 0 Å². The van der Waals surface area contributed by atoms with E-state index in [1.807, 2.05) is 18.2 Å². The normalized spacial score (nSPS) is 16.2. The minimum absolute atomic E-state index is 0.0130. The Morgan fingerprint density at radius 2 is 1.46 bits per heavy atom. The summed E-state index contributed by atoms with van der Waals surface area (Å²) in [5.74, 6) is -3.75. The molecule has 48 heavy (non-hydrogen) atoms. The van der Waals surface area contributed by atoms with Crippen LogP contribution in [-0.4, -0.2) is 89.2 Å². The quantitative estimate of drug-likeness (QED) is 0.253. The summed E-state index contributed by atoms with van der Waals surface area (Å²) in [6.07, 6.45) is -0.248. The molecule has 0 unspecified atom stereocenters. The first-order valence-electron chi connectivity index (χ1n) is 15.7. The summed E-state index contributed by atoms with van der Waals surface area (Å²) in [5.41, 5.74) is 1.89. The Morgan fingerprint density at radius 3 is 2.00 bits per heavy atom. The first kappa shape index (κ1) is 39.0. The number of hydrogen-bond donors (Lipinski definition) is 2. The number of nitrogens with zero attached hydrogens (tertiary/aromatic N) is 3. The Kier molecular flexibility index (Phi) is 14.9. The van der Waals surface area contributed by atoms with E-state index in [1.54, 1.807) is 21.9 Å². The average molecular weight is 721 g/mol. The molecular formula is C33H39Cl2F4N3O6. The molecule has 2 amide bonds. The van der Waals surface area contributed by atoms with E-state index in [2.05, 4.69) is 4.90 Å². The summed E-state index contributed by atoms with van der Waals surface area (Å²) in [7, 11) is 0. The van der Waals surface area contributed by atoms with Gasteiger partial charge in [-0.05, 0) is 100.0 Å². The van der Waals surface area contributed by atoms with Crippen LogP contribution in [0, 0.1) is 17.7 Å². The minimum Gasteiger partial charge on any atom is -0.481 e. The average Bonchev–Trinajstić information content (AvgIpc) is 3.05. The lowest BCUT2D eigenvalue weighted by atomic mass is 9.90. The van der Waals surface area contributed by atoms with Gasteiger partial charge >= 0.3 is 18.1 Å². The van der Waals surface area contributed by atoms with Crippen molar-refractivity contribution in [3.8, 4) is 0 Å². The van der Waals surface area contributed by atoms with Crippen molar-refractivity contribution >= 4 is 52.6 Å². The lowest BCUT2D eigenvalue weighted by Crippen LogP contribution is -2.45. The second kappa shape index (κ2) is 18.4. The molecular weight excluding hydrogens is 681 g/mol. The van der Waals surface area contributed by atoms with Crippen molar-refractivity contribution in [2.75, 3.05) is 44.2 Å². The Bertz CT molecular complexity index is 1400. The van der Waals surface area contributed by atoms with Gasteiger partial charge in [-0.2, -0.15) is 13.2 Å². The SMILES string of the molecule is O=C(O)C(F)(F)F.O=C(O)CCC(=O)N1CCC(C(=O)N(CCCN2CCC(Cc3ccc(F)cc3)CC2)c2ccc(Cl)c(Cl)c2)CC1.